The topological polar surface area (TPSA) is 122 Å². The lowest BCUT2D eigenvalue weighted by Crippen LogP contribution is -2.62. The molecule has 0 bridgehead atoms. The van der Waals surface area contributed by atoms with E-state index in [1.807, 2.05) is 34.9 Å². The van der Waals surface area contributed by atoms with Gasteiger partial charge in [-0.05, 0) is 25.1 Å². The number of ether oxygens (including phenoxy) is 1. The number of aromatic nitrogens is 3. The van der Waals surface area contributed by atoms with Crippen molar-refractivity contribution in [3.8, 4) is 11.4 Å². The van der Waals surface area contributed by atoms with Crippen LogP contribution in [0.5, 0.6) is 0 Å². The maximum absolute atomic E-state index is 11.7. The van der Waals surface area contributed by atoms with Gasteiger partial charge in [-0.3, -0.25) is 9.36 Å². The van der Waals surface area contributed by atoms with E-state index in [0.29, 0.717) is 10.6 Å². The van der Waals surface area contributed by atoms with Crippen LogP contribution in [0.25, 0.3) is 11.4 Å². The minimum absolute atomic E-state index is 0.235. The first-order chi connectivity index (χ1) is 13.9. The molecule has 29 heavy (non-hydrogen) atoms. The quantitative estimate of drug-likeness (QED) is 0.521. The number of aliphatic hydroxyl groups is 3. The fourth-order valence-corrected chi connectivity index (χ4v) is 4.08. The van der Waals surface area contributed by atoms with E-state index in [-0.39, 0.29) is 6.04 Å². The van der Waals surface area contributed by atoms with Crippen molar-refractivity contribution in [2.75, 3.05) is 6.61 Å². The number of nitrogens with zero attached hydrogens (tertiary/aromatic N) is 3. The summed E-state index contributed by atoms with van der Waals surface area (Å²) >= 11 is 5.68. The maximum Gasteiger partial charge on any atom is 0.217 e. The van der Waals surface area contributed by atoms with Crippen molar-refractivity contribution in [2.24, 2.45) is 0 Å². The number of benzene rings is 1. The number of hydrogen-bond acceptors (Lipinski definition) is 7. The Balaban J connectivity index is 1.81. The lowest BCUT2D eigenvalue weighted by Gasteiger charge is -2.42. The summed E-state index contributed by atoms with van der Waals surface area (Å²) < 4.78 is 9.66. The van der Waals surface area contributed by atoms with Crippen molar-refractivity contribution in [1.29, 1.82) is 0 Å². The van der Waals surface area contributed by atoms with Gasteiger partial charge in [0.25, 0.3) is 0 Å². The average Bonchev–Trinajstić information content (AvgIpc) is 3.49. The second-order valence-corrected chi connectivity index (χ2v) is 7.84. The SMILES string of the molecule is CC(=O)N[C@@H]1[C@@H](O)[C@H](O)[C@@H](CO)O[C@H]1n1nc(-c2ccccc2)n(C2CC2)c1=S. The van der Waals surface area contributed by atoms with Crippen LogP contribution in [0.4, 0.5) is 0 Å². The standard InChI is InChI=1S/C19H24N4O5S/c1-10(25)20-14-16(27)15(26)13(9-24)28-18(14)23-19(29)22(12-7-8-12)17(21-23)11-5-3-2-4-6-11/h2-6,12-16,18,24,26-27H,7-9H2,1H3,(H,20,25)/t13-,14-,15-,16-,18-/m1/s1. The van der Waals surface area contributed by atoms with Gasteiger partial charge in [0.05, 0.1) is 6.61 Å². The van der Waals surface area contributed by atoms with Crippen molar-refractivity contribution in [1.82, 2.24) is 19.7 Å². The number of carbonyl (C=O) groups excluding carboxylic acids is 1. The van der Waals surface area contributed by atoms with E-state index in [9.17, 15) is 20.1 Å². The predicted molar refractivity (Wildman–Crippen MR) is 105 cm³/mol. The summed E-state index contributed by atoms with van der Waals surface area (Å²) in [4.78, 5) is 11.7. The number of hydrogen-bond donors (Lipinski definition) is 4. The molecule has 4 rings (SSSR count). The van der Waals surface area contributed by atoms with Crippen LogP contribution < -0.4 is 5.32 Å². The molecule has 2 fully saturated rings. The maximum atomic E-state index is 11.7. The fourth-order valence-electron chi connectivity index (χ4n) is 3.70. The first-order valence-electron chi connectivity index (χ1n) is 9.58. The summed E-state index contributed by atoms with van der Waals surface area (Å²) in [7, 11) is 0. The highest BCUT2D eigenvalue weighted by atomic mass is 32.1. The van der Waals surface area contributed by atoms with E-state index < -0.39 is 43.1 Å². The lowest BCUT2D eigenvalue weighted by molar-refractivity contribution is -0.219. The van der Waals surface area contributed by atoms with Gasteiger partial charge in [-0.15, -0.1) is 5.10 Å². The fraction of sp³-hybridized carbons (Fsp3) is 0.526. The van der Waals surface area contributed by atoms with Gasteiger partial charge in [0.2, 0.25) is 10.7 Å². The molecule has 156 valence electrons. The summed E-state index contributed by atoms with van der Waals surface area (Å²) in [6.45, 7) is 0.815. The molecule has 2 heterocycles. The Morgan fingerprint density at radius 3 is 2.55 bits per heavy atom. The molecule has 5 atom stereocenters. The number of nitrogens with one attached hydrogen (secondary N) is 1. The van der Waals surface area contributed by atoms with Crippen molar-refractivity contribution in [3.05, 3.63) is 35.1 Å². The number of rotatable bonds is 5. The van der Waals surface area contributed by atoms with Crippen molar-refractivity contribution < 1.29 is 24.9 Å². The van der Waals surface area contributed by atoms with Gasteiger partial charge in [0, 0.05) is 18.5 Å². The Kier molecular flexibility index (Phi) is 5.54. The first kappa shape index (κ1) is 20.2. The minimum atomic E-state index is -1.36. The van der Waals surface area contributed by atoms with E-state index >= 15 is 0 Å². The summed E-state index contributed by atoms with van der Waals surface area (Å²) in [5, 5.41) is 37.7. The first-order valence-corrected chi connectivity index (χ1v) is 9.99. The summed E-state index contributed by atoms with van der Waals surface area (Å²) in [5.41, 5.74) is 0.885. The van der Waals surface area contributed by atoms with Crippen LogP contribution >= 0.6 is 12.2 Å². The Morgan fingerprint density at radius 2 is 1.97 bits per heavy atom. The van der Waals surface area contributed by atoms with E-state index in [2.05, 4.69) is 10.4 Å². The summed E-state index contributed by atoms with van der Waals surface area (Å²) in [6.07, 6.45) is -2.76. The molecule has 1 saturated heterocycles. The number of amides is 1. The number of carbonyl (C=O) groups is 1. The molecule has 1 saturated carbocycles. The molecule has 1 aromatic carbocycles. The summed E-state index contributed by atoms with van der Waals surface area (Å²) in [5.74, 6) is 0.276. The van der Waals surface area contributed by atoms with Crippen LogP contribution in [0, 0.1) is 4.77 Å². The third kappa shape index (κ3) is 3.74. The van der Waals surface area contributed by atoms with Crippen molar-refractivity contribution >= 4 is 18.1 Å². The third-order valence-electron chi connectivity index (χ3n) is 5.29. The van der Waals surface area contributed by atoms with Gasteiger partial charge in [-0.25, -0.2) is 4.68 Å². The van der Waals surface area contributed by atoms with Gasteiger partial charge in [-0.1, -0.05) is 30.3 Å². The molecule has 2 aromatic rings. The molecule has 1 aromatic heterocycles. The second kappa shape index (κ2) is 7.96. The lowest BCUT2D eigenvalue weighted by atomic mass is 9.96. The van der Waals surface area contributed by atoms with Crippen LogP contribution in [0.15, 0.2) is 30.3 Å². The highest BCUT2D eigenvalue weighted by molar-refractivity contribution is 7.71. The highest BCUT2D eigenvalue weighted by Gasteiger charge is 2.47. The normalized spacial score (nSPS) is 29.6. The van der Waals surface area contributed by atoms with E-state index in [0.717, 1.165) is 18.4 Å². The Morgan fingerprint density at radius 1 is 1.28 bits per heavy atom. The number of aliphatic hydroxyl groups excluding tert-OH is 3. The van der Waals surface area contributed by atoms with Gasteiger partial charge < -0.3 is 25.4 Å². The zero-order valence-electron chi connectivity index (χ0n) is 15.9. The van der Waals surface area contributed by atoms with Gasteiger partial charge in [-0.2, -0.15) is 0 Å². The Hall–Kier alpha value is -2.11. The predicted octanol–water partition coefficient (Wildman–Crippen LogP) is 0.532. The molecule has 0 unspecified atom stereocenters. The molecule has 4 N–H and O–H groups in total. The molecule has 2 aliphatic rings. The van der Waals surface area contributed by atoms with Gasteiger partial charge in [0.1, 0.15) is 24.4 Å². The third-order valence-corrected chi connectivity index (χ3v) is 5.67. The largest absolute Gasteiger partial charge is 0.394 e. The molecule has 1 amide bonds. The van der Waals surface area contributed by atoms with Crippen molar-refractivity contribution in [3.63, 3.8) is 0 Å². The zero-order valence-corrected chi connectivity index (χ0v) is 16.7. The smallest absolute Gasteiger partial charge is 0.217 e. The average molecular weight is 420 g/mol. The molecule has 0 spiro atoms. The van der Waals surface area contributed by atoms with E-state index in [1.165, 1.54) is 11.6 Å². The van der Waals surface area contributed by atoms with Gasteiger partial charge >= 0.3 is 0 Å². The molecule has 1 aliphatic carbocycles. The minimum Gasteiger partial charge on any atom is -0.394 e. The Bertz CT molecular complexity index is 942. The van der Waals surface area contributed by atoms with Crippen LogP contribution in [-0.2, 0) is 9.53 Å². The van der Waals surface area contributed by atoms with E-state index in [4.69, 9.17) is 17.0 Å². The molecule has 9 nitrogen and oxygen atoms in total. The molecule has 0 radical (unpaired) electrons. The van der Waals surface area contributed by atoms with E-state index in [1.54, 1.807) is 0 Å². The second-order valence-electron chi connectivity index (χ2n) is 7.47. The summed E-state index contributed by atoms with van der Waals surface area (Å²) in [6, 6.07) is 8.85. The molecular weight excluding hydrogens is 396 g/mol. The van der Waals surface area contributed by atoms with Crippen LogP contribution in [0.3, 0.4) is 0 Å². The van der Waals surface area contributed by atoms with Crippen LogP contribution in [-0.4, -0.2) is 66.5 Å². The van der Waals surface area contributed by atoms with Crippen LogP contribution in [0.2, 0.25) is 0 Å². The molecule has 1 aliphatic heterocycles. The highest BCUT2D eigenvalue weighted by Crippen LogP contribution is 2.39. The monoisotopic (exact) mass is 420 g/mol. The van der Waals surface area contributed by atoms with Gasteiger partial charge in [0.15, 0.2) is 12.1 Å². The molecular formula is C19H24N4O5S. The molecule has 10 heteroatoms. The zero-order chi connectivity index (χ0) is 20.7. The van der Waals surface area contributed by atoms with Crippen LogP contribution in [0.1, 0.15) is 32.0 Å². The Labute approximate surface area is 172 Å². The van der Waals surface area contributed by atoms with Crippen molar-refractivity contribution in [2.45, 2.75) is 56.4 Å².